The van der Waals surface area contributed by atoms with Crippen molar-refractivity contribution in [2.45, 2.75) is 65.5 Å². The number of hydrogen-bond acceptors (Lipinski definition) is 5. The van der Waals surface area contributed by atoms with Gasteiger partial charge in [-0.1, -0.05) is 38.2 Å². The standard InChI is InChI=1S/C20H26N2O3.C2H6.CH3NO2/c1-5-9-16(22-19(24)25-20(2,3)4)17-12-15(13-18(23)21-17)14-10-7-6-8-11-14;1-2;1-2(3)4/h5,7,10-13,16H,1,6,8-9H2,2-4H3,(H,21,23)(H,22,24);1-2H3;1H3. The molecular weight excluding hydrogens is 398 g/mol. The van der Waals surface area contributed by atoms with Crippen molar-refractivity contribution in [3.8, 4) is 0 Å². The Hall–Kier alpha value is -3.16. The molecule has 0 aliphatic heterocycles. The summed E-state index contributed by atoms with van der Waals surface area (Å²) in [5, 5.41) is 11.6. The number of aromatic amines is 1. The first-order valence-electron chi connectivity index (χ1n) is 10.3. The van der Waals surface area contributed by atoms with Gasteiger partial charge in [0.15, 0.2) is 7.05 Å². The van der Waals surface area contributed by atoms with Crippen LogP contribution in [0.25, 0.3) is 5.57 Å². The Kier molecular flexibility index (Phi) is 12.5. The topological polar surface area (TPSA) is 114 Å². The Balaban J connectivity index is 0.00000134. The van der Waals surface area contributed by atoms with Crippen LogP contribution in [0.3, 0.4) is 0 Å². The van der Waals surface area contributed by atoms with Gasteiger partial charge >= 0.3 is 6.09 Å². The number of pyridine rings is 1. The zero-order valence-corrected chi connectivity index (χ0v) is 19.4. The third kappa shape index (κ3) is 12.2. The van der Waals surface area contributed by atoms with E-state index in [9.17, 15) is 9.59 Å². The average Bonchev–Trinajstić information content (AvgIpc) is 2.67. The minimum absolute atomic E-state index is 0.201. The zero-order chi connectivity index (χ0) is 24.0. The molecule has 0 spiro atoms. The largest absolute Gasteiger partial charge is 0.444 e. The van der Waals surface area contributed by atoms with Crippen LogP contribution in [0, 0.1) is 10.1 Å². The lowest BCUT2D eigenvalue weighted by Crippen LogP contribution is -2.35. The highest BCUT2D eigenvalue weighted by Gasteiger charge is 2.21. The van der Waals surface area contributed by atoms with E-state index in [0.29, 0.717) is 12.1 Å². The molecule has 0 saturated carbocycles. The van der Waals surface area contributed by atoms with E-state index in [4.69, 9.17) is 14.9 Å². The molecule has 2 rings (SSSR count). The first kappa shape index (κ1) is 27.8. The second kappa shape index (κ2) is 14.0. The van der Waals surface area contributed by atoms with Gasteiger partial charge in [0.1, 0.15) is 5.60 Å². The third-order valence-electron chi connectivity index (χ3n) is 3.66. The molecule has 31 heavy (non-hydrogen) atoms. The number of rotatable bonds is 5. The number of nitrogens with zero attached hydrogens (tertiary/aromatic N) is 1. The van der Waals surface area contributed by atoms with Crippen molar-refractivity contribution in [2.75, 3.05) is 7.05 Å². The smallest absolute Gasteiger partial charge is 0.408 e. The molecule has 2 N–H and O–H groups in total. The minimum Gasteiger partial charge on any atom is -0.444 e. The number of nitrogens with one attached hydrogen (secondary N) is 2. The van der Waals surface area contributed by atoms with Crippen LogP contribution in [0.15, 0.2) is 47.8 Å². The summed E-state index contributed by atoms with van der Waals surface area (Å²) in [5.74, 6) is 0. The molecule has 1 heterocycles. The summed E-state index contributed by atoms with van der Waals surface area (Å²) in [4.78, 5) is 35.3. The number of nitro groups is 1. The van der Waals surface area contributed by atoms with Crippen molar-refractivity contribution < 1.29 is 14.5 Å². The van der Waals surface area contributed by atoms with Gasteiger partial charge in [-0.25, -0.2) is 4.79 Å². The zero-order valence-electron chi connectivity index (χ0n) is 19.4. The quantitative estimate of drug-likeness (QED) is 0.378. The van der Waals surface area contributed by atoms with E-state index >= 15 is 0 Å². The van der Waals surface area contributed by atoms with Crippen molar-refractivity contribution in [2.24, 2.45) is 0 Å². The Morgan fingerprint density at radius 3 is 2.45 bits per heavy atom. The van der Waals surface area contributed by atoms with E-state index < -0.39 is 22.7 Å². The predicted octanol–water partition coefficient (Wildman–Crippen LogP) is 5.17. The molecular formula is C23H35N3O5. The lowest BCUT2D eigenvalue weighted by molar-refractivity contribution is -0.445. The first-order valence-corrected chi connectivity index (χ1v) is 10.3. The molecule has 8 nitrogen and oxygen atoms in total. The molecule has 1 aliphatic carbocycles. The maximum Gasteiger partial charge on any atom is 0.408 e. The van der Waals surface area contributed by atoms with Crippen LogP contribution in [-0.2, 0) is 4.74 Å². The molecule has 1 amide bonds. The van der Waals surface area contributed by atoms with E-state index in [1.807, 2.05) is 26.0 Å². The van der Waals surface area contributed by atoms with Gasteiger partial charge in [-0.3, -0.25) is 14.9 Å². The van der Waals surface area contributed by atoms with Gasteiger partial charge in [0.25, 0.3) is 0 Å². The summed E-state index contributed by atoms with van der Waals surface area (Å²) in [5.41, 5.74) is 1.71. The fraction of sp³-hybridized carbons (Fsp3) is 0.478. The van der Waals surface area contributed by atoms with Crippen LogP contribution in [0.2, 0.25) is 0 Å². The summed E-state index contributed by atoms with van der Waals surface area (Å²) in [6, 6.07) is 3.06. The Morgan fingerprint density at radius 1 is 1.35 bits per heavy atom. The molecule has 1 unspecified atom stereocenters. The molecule has 0 bridgehead atoms. The van der Waals surface area contributed by atoms with Crippen LogP contribution in [0.4, 0.5) is 4.79 Å². The fourth-order valence-electron chi connectivity index (χ4n) is 2.63. The Bertz CT molecular complexity index is 844. The van der Waals surface area contributed by atoms with Crippen LogP contribution in [0.5, 0.6) is 0 Å². The number of aromatic nitrogens is 1. The van der Waals surface area contributed by atoms with E-state index in [2.05, 4.69) is 29.0 Å². The van der Waals surface area contributed by atoms with Crippen LogP contribution < -0.4 is 10.9 Å². The van der Waals surface area contributed by atoms with Gasteiger partial charge in [0, 0.05) is 16.7 Å². The highest BCUT2D eigenvalue weighted by atomic mass is 16.6. The summed E-state index contributed by atoms with van der Waals surface area (Å²) >= 11 is 0. The summed E-state index contributed by atoms with van der Waals surface area (Å²) in [6.45, 7) is 13.2. The molecule has 0 radical (unpaired) electrons. The SMILES string of the molecule is C=CCC(NC(=O)OC(C)(C)C)c1cc(C2=CCCC=C2)cc(=O)[nH]1.CC.C[N+](=O)[O-]. The molecule has 1 aliphatic rings. The fourth-order valence-corrected chi connectivity index (χ4v) is 2.63. The predicted molar refractivity (Wildman–Crippen MR) is 125 cm³/mol. The number of amides is 1. The Morgan fingerprint density at radius 2 is 1.97 bits per heavy atom. The van der Waals surface area contributed by atoms with Gasteiger partial charge in [0.2, 0.25) is 5.56 Å². The maximum absolute atomic E-state index is 12.1. The number of alkyl carbamates (subject to hydrolysis) is 1. The minimum atomic E-state index is -0.588. The number of carbonyl (C=O) groups excluding carboxylic acids is 1. The van der Waals surface area contributed by atoms with Crippen LogP contribution >= 0.6 is 0 Å². The van der Waals surface area contributed by atoms with Gasteiger partial charge in [-0.2, -0.15) is 0 Å². The summed E-state index contributed by atoms with van der Waals surface area (Å²) in [7, 11) is 0.889. The number of H-pyrrole nitrogens is 1. The van der Waals surface area contributed by atoms with E-state index in [1.54, 1.807) is 32.9 Å². The van der Waals surface area contributed by atoms with Crippen molar-refractivity contribution in [1.82, 2.24) is 10.3 Å². The maximum atomic E-state index is 12.1. The van der Waals surface area contributed by atoms with Crippen LogP contribution in [-0.4, -0.2) is 28.6 Å². The number of ether oxygens (including phenoxy) is 1. The molecule has 172 valence electrons. The highest BCUT2D eigenvalue weighted by Crippen LogP contribution is 2.23. The third-order valence-corrected chi connectivity index (χ3v) is 3.66. The van der Waals surface area contributed by atoms with Gasteiger partial charge in [-0.15, -0.1) is 6.58 Å². The van der Waals surface area contributed by atoms with Crippen LogP contribution in [0.1, 0.15) is 71.2 Å². The van der Waals surface area contributed by atoms with E-state index in [-0.39, 0.29) is 5.56 Å². The van der Waals surface area contributed by atoms with E-state index in [0.717, 1.165) is 31.0 Å². The summed E-state index contributed by atoms with van der Waals surface area (Å²) in [6.07, 6.45) is 9.85. The second-order valence-electron chi connectivity index (χ2n) is 7.49. The molecule has 8 heteroatoms. The molecule has 0 saturated heterocycles. The van der Waals surface area contributed by atoms with Gasteiger partial charge in [-0.05, 0) is 57.2 Å². The van der Waals surface area contributed by atoms with Gasteiger partial charge in [0.05, 0.1) is 6.04 Å². The molecule has 1 aromatic rings. The highest BCUT2D eigenvalue weighted by molar-refractivity contribution is 5.75. The number of allylic oxidation sites excluding steroid dienone is 4. The molecule has 0 aromatic carbocycles. The van der Waals surface area contributed by atoms with Crippen molar-refractivity contribution in [3.63, 3.8) is 0 Å². The van der Waals surface area contributed by atoms with Crippen molar-refractivity contribution in [1.29, 1.82) is 0 Å². The summed E-state index contributed by atoms with van der Waals surface area (Å²) < 4.78 is 5.31. The number of hydrogen-bond donors (Lipinski definition) is 2. The van der Waals surface area contributed by atoms with Gasteiger partial charge < -0.3 is 15.0 Å². The normalized spacial score (nSPS) is 13.3. The first-order chi connectivity index (χ1) is 14.5. The average molecular weight is 434 g/mol. The molecule has 0 fully saturated rings. The molecule has 1 atom stereocenters. The number of carbonyl (C=O) groups is 1. The Labute approximate surface area is 184 Å². The lowest BCUT2D eigenvalue weighted by atomic mass is 9.98. The van der Waals surface area contributed by atoms with Crippen molar-refractivity contribution in [3.05, 3.63) is 74.7 Å². The van der Waals surface area contributed by atoms with Crippen molar-refractivity contribution >= 4 is 11.7 Å². The monoisotopic (exact) mass is 433 g/mol. The second-order valence-corrected chi connectivity index (χ2v) is 7.49. The molecule has 1 aromatic heterocycles. The van der Waals surface area contributed by atoms with E-state index in [1.165, 1.54) is 0 Å². The lowest BCUT2D eigenvalue weighted by Gasteiger charge is -2.23.